The Labute approximate surface area is 101 Å². The summed E-state index contributed by atoms with van der Waals surface area (Å²) in [7, 11) is 0. The van der Waals surface area contributed by atoms with Gasteiger partial charge in [0.15, 0.2) is 0 Å². The molecule has 0 amide bonds. The van der Waals surface area contributed by atoms with Crippen molar-refractivity contribution in [2.24, 2.45) is 5.73 Å². The lowest BCUT2D eigenvalue weighted by Gasteiger charge is -2.26. The smallest absolute Gasteiger partial charge is 0.146 e. The summed E-state index contributed by atoms with van der Waals surface area (Å²) in [5.41, 5.74) is 6.32. The summed E-state index contributed by atoms with van der Waals surface area (Å²) in [4.78, 5) is 0.209. The van der Waals surface area contributed by atoms with Gasteiger partial charge in [-0.2, -0.15) is 0 Å². The van der Waals surface area contributed by atoms with Gasteiger partial charge in [0.25, 0.3) is 0 Å². The van der Waals surface area contributed by atoms with Crippen LogP contribution in [0, 0.1) is 5.82 Å². The highest BCUT2D eigenvalue weighted by Crippen LogP contribution is 2.21. The molecule has 0 aromatic heterocycles. The second-order valence-corrected chi connectivity index (χ2v) is 4.86. The molecule has 0 fully saturated rings. The van der Waals surface area contributed by atoms with Crippen molar-refractivity contribution in [3.05, 3.63) is 29.6 Å². The molecule has 0 unspecified atom stereocenters. The fraction of sp³-hybridized carbons (Fsp3) is 0.417. The first-order valence-electron chi connectivity index (χ1n) is 5.23. The number of thiocarbonyl (C=S) groups is 1. The van der Waals surface area contributed by atoms with Crippen molar-refractivity contribution in [3.8, 4) is 0 Å². The maximum Gasteiger partial charge on any atom is 0.146 e. The van der Waals surface area contributed by atoms with Gasteiger partial charge in [-0.25, -0.2) is 4.39 Å². The van der Waals surface area contributed by atoms with Crippen LogP contribution in [0.25, 0.3) is 0 Å². The Hall–Kier alpha value is -1.16. The van der Waals surface area contributed by atoms with E-state index in [1.165, 1.54) is 6.07 Å². The summed E-state index contributed by atoms with van der Waals surface area (Å²) in [5, 5.41) is 3.14. The number of halogens is 1. The fourth-order valence-electron chi connectivity index (χ4n) is 1.22. The number of nitrogens with two attached hydrogens (primary N) is 1. The minimum atomic E-state index is -0.327. The van der Waals surface area contributed by atoms with E-state index in [0.717, 1.165) is 6.42 Å². The standard InChI is InChI=1S/C12H17FN2S/c1-4-12(2,3)15-10-6-5-8(11(14)16)7-9(10)13/h5-7,15H,4H2,1-3H3,(H2,14,16). The summed E-state index contributed by atoms with van der Waals surface area (Å²) in [6, 6.07) is 4.75. The van der Waals surface area contributed by atoms with Gasteiger partial charge in [-0.1, -0.05) is 19.1 Å². The molecule has 0 heterocycles. The second kappa shape index (κ2) is 4.78. The van der Waals surface area contributed by atoms with Gasteiger partial charge in [-0.15, -0.1) is 0 Å². The lowest BCUT2D eigenvalue weighted by molar-refractivity contribution is 0.537. The first-order valence-corrected chi connectivity index (χ1v) is 5.64. The molecule has 0 saturated carbocycles. The molecule has 3 N–H and O–H groups in total. The number of anilines is 1. The van der Waals surface area contributed by atoms with Crippen LogP contribution in [0.5, 0.6) is 0 Å². The van der Waals surface area contributed by atoms with E-state index in [2.05, 4.69) is 5.32 Å². The van der Waals surface area contributed by atoms with Gasteiger partial charge in [0.05, 0.1) is 5.69 Å². The molecule has 0 saturated heterocycles. The molecule has 4 heteroatoms. The summed E-state index contributed by atoms with van der Waals surface area (Å²) >= 11 is 4.79. The molecule has 1 aromatic carbocycles. The van der Waals surface area contributed by atoms with Gasteiger partial charge >= 0.3 is 0 Å². The van der Waals surface area contributed by atoms with E-state index in [1.54, 1.807) is 12.1 Å². The summed E-state index contributed by atoms with van der Waals surface area (Å²) < 4.78 is 13.7. The van der Waals surface area contributed by atoms with Crippen LogP contribution in [-0.2, 0) is 0 Å². The molecule has 0 bridgehead atoms. The molecule has 0 atom stereocenters. The van der Waals surface area contributed by atoms with Gasteiger partial charge in [0.2, 0.25) is 0 Å². The summed E-state index contributed by atoms with van der Waals surface area (Å²) in [6.45, 7) is 6.09. The Morgan fingerprint density at radius 2 is 2.12 bits per heavy atom. The number of rotatable bonds is 4. The van der Waals surface area contributed by atoms with Crippen molar-refractivity contribution >= 4 is 22.9 Å². The summed E-state index contributed by atoms with van der Waals surface area (Å²) in [5.74, 6) is -0.327. The highest BCUT2D eigenvalue weighted by atomic mass is 32.1. The van der Waals surface area contributed by atoms with E-state index in [9.17, 15) is 4.39 Å². The van der Waals surface area contributed by atoms with E-state index in [-0.39, 0.29) is 16.3 Å². The average molecular weight is 240 g/mol. The first-order chi connectivity index (χ1) is 7.35. The molecule has 2 nitrogen and oxygen atoms in total. The highest BCUT2D eigenvalue weighted by Gasteiger charge is 2.16. The van der Waals surface area contributed by atoms with Crippen molar-refractivity contribution in [2.45, 2.75) is 32.7 Å². The molecular weight excluding hydrogens is 223 g/mol. The summed E-state index contributed by atoms with van der Waals surface area (Å²) in [6.07, 6.45) is 0.906. The lowest BCUT2D eigenvalue weighted by atomic mass is 10.0. The normalized spacial score (nSPS) is 11.2. The molecule has 0 spiro atoms. The Balaban J connectivity index is 2.96. The first kappa shape index (κ1) is 12.9. The molecule has 1 rings (SSSR count). The Kier molecular flexibility index (Phi) is 3.86. The Morgan fingerprint density at radius 1 is 1.50 bits per heavy atom. The highest BCUT2D eigenvalue weighted by molar-refractivity contribution is 7.80. The largest absolute Gasteiger partial charge is 0.389 e. The number of hydrogen-bond acceptors (Lipinski definition) is 2. The third-order valence-electron chi connectivity index (χ3n) is 2.61. The molecule has 0 aliphatic heterocycles. The van der Waals surface area contributed by atoms with Crippen LogP contribution in [0.1, 0.15) is 32.8 Å². The fourth-order valence-corrected chi connectivity index (χ4v) is 1.35. The van der Waals surface area contributed by atoms with Crippen LogP contribution in [0.2, 0.25) is 0 Å². The van der Waals surface area contributed by atoms with Crippen molar-refractivity contribution in [1.82, 2.24) is 0 Å². The predicted molar refractivity (Wildman–Crippen MR) is 70.3 cm³/mol. The SMILES string of the molecule is CCC(C)(C)Nc1ccc(C(N)=S)cc1F. The van der Waals surface area contributed by atoms with Crippen molar-refractivity contribution in [2.75, 3.05) is 5.32 Å². The zero-order valence-electron chi connectivity index (χ0n) is 9.80. The second-order valence-electron chi connectivity index (χ2n) is 4.42. The monoisotopic (exact) mass is 240 g/mol. The van der Waals surface area contributed by atoms with Crippen LogP contribution in [0.3, 0.4) is 0 Å². The zero-order valence-corrected chi connectivity index (χ0v) is 10.6. The third-order valence-corrected chi connectivity index (χ3v) is 2.85. The molecular formula is C12H17FN2S. The minimum absolute atomic E-state index is 0.133. The Morgan fingerprint density at radius 3 is 2.56 bits per heavy atom. The lowest BCUT2D eigenvalue weighted by Crippen LogP contribution is -2.30. The van der Waals surface area contributed by atoms with E-state index in [1.807, 2.05) is 20.8 Å². The van der Waals surface area contributed by atoms with E-state index in [4.69, 9.17) is 18.0 Å². The molecule has 1 aromatic rings. The predicted octanol–water partition coefficient (Wildman–Crippen LogP) is 3.06. The number of benzene rings is 1. The van der Waals surface area contributed by atoms with Gasteiger partial charge < -0.3 is 11.1 Å². The van der Waals surface area contributed by atoms with E-state index >= 15 is 0 Å². The number of nitrogens with one attached hydrogen (secondary N) is 1. The van der Waals surface area contributed by atoms with Crippen molar-refractivity contribution < 1.29 is 4.39 Å². The molecule has 0 aliphatic rings. The van der Waals surface area contributed by atoms with E-state index < -0.39 is 0 Å². The maximum atomic E-state index is 13.7. The Bertz CT molecular complexity index is 402. The average Bonchev–Trinajstić information content (AvgIpc) is 2.20. The van der Waals surface area contributed by atoms with Gasteiger partial charge in [-0.05, 0) is 38.5 Å². The van der Waals surface area contributed by atoms with E-state index in [0.29, 0.717) is 11.3 Å². The maximum absolute atomic E-state index is 13.7. The quantitative estimate of drug-likeness (QED) is 0.794. The minimum Gasteiger partial charge on any atom is -0.389 e. The van der Waals surface area contributed by atoms with Crippen molar-refractivity contribution in [3.63, 3.8) is 0 Å². The van der Waals surface area contributed by atoms with Crippen LogP contribution >= 0.6 is 12.2 Å². The molecule has 16 heavy (non-hydrogen) atoms. The molecule has 0 aliphatic carbocycles. The number of hydrogen-bond donors (Lipinski definition) is 2. The van der Waals surface area contributed by atoms with Gasteiger partial charge in [-0.3, -0.25) is 0 Å². The topological polar surface area (TPSA) is 38.0 Å². The van der Waals surface area contributed by atoms with Crippen LogP contribution in [0.4, 0.5) is 10.1 Å². The van der Waals surface area contributed by atoms with Gasteiger partial charge in [0.1, 0.15) is 10.8 Å². The zero-order chi connectivity index (χ0) is 12.3. The van der Waals surface area contributed by atoms with Crippen LogP contribution < -0.4 is 11.1 Å². The van der Waals surface area contributed by atoms with Crippen LogP contribution in [-0.4, -0.2) is 10.5 Å². The molecule has 88 valence electrons. The van der Waals surface area contributed by atoms with Gasteiger partial charge in [0, 0.05) is 11.1 Å². The third kappa shape index (κ3) is 3.17. The molecule has 0 radical (unpaired) electrons. The van der Waals surface area contributed by atoms with Crippen LogP contribution in [0.15, 0.2) is 18.2 Å². The van der Waals surface area contributed by atoms with Crippen molar-refractivity contribution in [1.29, 1.82) is 0 Å².